The maximum absolute atomic E-state index is 12.9. The Morgan fingerprint density at radius 2 is 1.47 bits per heavy atom. The molecule has 2 aliphatic rings. The summed E-state index contributed by atoms with van der Waals surface area (Å²) in [7, 11) is 0. The number of piperidine rings is 1. The molecule has 4 nitrogen and oxygen atoms in total. The Kier molecular flexibility index (Phi) is 6.75. The molecule has 0 bridgehead atoms. The standard InChI is InChI=1S/C29H33N3OS/c1-20-4-8-23(9-5-20)27(24-10-6-21(2)7-11-24)25-12-15-31(16-13-25)17-14-26-22(3)30-29-32(28(26)33)18-19-34-29/h4-11H,12-19H2,1-3H3. The maximum atomic E-state index is 12.9. The molecule has 3 heterocycles. The highest BCUT2D eigenvalue weighted by Crippen LogP contribution is 2.33. The molecule has 1 saturated heterocycles. The molecular weight excluding hydrogens is 438 g/mol. The molecule has 1 aromatic heterocycles. The number of likely N-dealkylation sites (tertiary alicyclic amines) is 1. The number of aryl methyl sites for hydroxylation is 3. The molecule has 0 spiro atoms. The fraction of sp³-hybridized carbons (Fsp3) is 0.379. The van der Waals surface area contributed by atoms with Crippen LogP contribution in [0.15, 0.2) is 64.1 Å². The van der Waals surface area contributed by atoms with Crippen molar-refractivity contribution in [3.8, 4) is 0 Å². The molecule has 176 valence electrons. The van der Waals surface area contributed by atoms with E-state index in [1.54, 1.807) is 11.8 Å². The number of benzene rings is 2. The second kappa shape index (κ2) is 9.93. The van der Waals surface area contributed by atoms with Gasteiger partial charge in [-0.25, -0.2) is 4.98 Å². The summed E-state index contributed by atoms with van der Waals surface area (Å²) in [6.07, 6.45) is 2.91. The van der Waals surface area contributed by atoms with Crippen LogP contribution in [-0.4, -0.2) is 39.8 Å². The monoisotopic (exact) mass is 471 g/mol. The molecule has 0 radical (unpaired) electrons. The zero-order valence-corrected chi connectivity index (χ0v) is 21.3. The summed E-state index contributed by atoms with van der Waals surface area (Å²) >= 11 is 1.69. The number of rotatable bonds is 5. The minimum Gasteiger partial charge on any atom is -0.302 e. The third-order valence-corrected chi connectivity index (χ3v) is 8.11. The van der Waals surface area contributed by atoms with Crippen LogP contribution in [0, 0.1) is 20.8 Å². The summed E-state index contributed by atoms with van der Waals surface area (Å²) in [4.78, 5) is 20.1. The van der Waals surface area contributed by atoms with Crippen molar-refractivity contribution in [3.63, 3.8) is 0 Å². The van der Waals surface area contributed by atoms with Gasteiger partial charge in [0.1, 0.15) is 0 Å². The van der Waals surface area contributed by atoms with Gasteiger partial charge in [0.15, 0.2) is 5.16 Å². The first-order valence-corrected chi connectivity index (χ1v) is 13.3. The molecule has 5 heteroatoms. The first-order valence-electron chi connectivity index (χ1n) is 12.3. The molecule has 0 saturated carbocycles. The van der Waals surface area contributed by atoms with E-state index in [0.29, 0.717) is 0 Å². The van der Waals surface area contributed by atoms with Gasteiger partial charge in [0.05, 0.1) is 0 Å². The number of aromatic nitrogens is 2. The van der Waals surface area contributed by atoms with E-state index in [4.69, 9.17) is 4.98 Å². The van der Waals surface area contributed by atoms with Gasteiger partial charge >= 0.3 is 0 Å². The summed E-state index contributed by atoms with van der Waals surface area (Å²) in [5.74, 6) is 0.955. The fourth-order valence-electron chi connectivity index (χ4n) is 5.08. The first kappa shape index (κ1) is 23.1. The van der Waals surface area contributed by atoms with Crippen molar-refractivity contribution in [1.29, 1.82) is 0 Å². The van der Waals surface area contributed by atoms with Gasteiger partial charge in [0, 0.05) is 43.2 Å². The van der Waals surface area contributed by atoms with Crippen molar-refractivity contribution in [1.82, 2.24) is 14.5 Å². The van der Waals surface area contributed by atoms with Crippen molar-refractivity contribution in [2.75, 3.05) is 25.4 Å². The zero-order valence-electron chi connectivity index (χ0n) is 20.4. The lowest BCUT2D eigenvalue weighted by molar-refractivity contribution is 0.259. The van der Waals surface area contributed by atoms with Crippen molar-refractivity contribution in [2.24, 2.45) is 0 Å². The Bertz CT molecular complexity index is 1210. The van der Waals surface area contributed by atoms with Gasteiger partial charge < -0.3 is 4.90 Å². The first-order chi connectivity index (χ1) is 16.5. The van der Waals surface area contributed by atoms with E-state index in [9.17, 15) is 4.79 Å². The Balaban J connectivity index is 1.33. The van der Waals surface area contributed by atoms with Gasteiger partial charge in [-0.1, -0.05) is 77.0 Å². The minimum atomic E-state index is 0.172. The third-order valence-electron chi connectivity index (χ3n) is 7.15. The van der Waals surface area contributed by atoms with E-state index in [-0.39, 0.29) is 5.56 Å². The molecular formula is C29H33N3OS. The Labute approximate surface area is 206 Å². The normalized spacial score (nSPS) is 16.0. The third kappa shape index (κ3) is 4.77. The summed E-state index contributed by atoms with van der Waals surface area (Å²) in [5, 5.41) is 0.888. The van der Waals surface area contributed by atoms with E-state index in [1.165, 1.54) is 33.4 Å². The summed E-state index contributed by atoms with van der Waals surface area (Å²) in [6.45, 7) is 10.0. The number of thioether (sulfide) groups is 1. The van der Waals surface area contributed by atoms with Crippen molar-refractivity contribution >= 4 is 17.3 Å². The molecule has 2 aliphatic heterocycles. The molecule has 0 atom stereocenters. The predicted octanol–water partition coefficient (Wildman–Crippen LogP) is 5.41. The molecule has 1 fully saturated rings. The summed E-state index contributed by atoms with van der Waals surface area (Å²) < 4.78 is 1.86. The second-order valence-corrected chi connectivity index (χ2v) is 10.6. The zero-order chi connectivity index (χ0) is 23.7. The van der Waals surface area contributed by atoms with Crippen LogP contribution in [0.25, 0.3) is 5.57 Å². The van der Waals surface area contributed by atoms with Crippen molar-refractivity contribution in [2.45, 2.75) is 51.7 Å². The lowest BCUT2D eigenvalue weighted by Gasteiger charge is -2.30. The number of hydrogen-bond donors (Lipinski definition) is 0. The number of fused-ring (bicyclic) bond motifs is 1. The lowest BCUT2D eigenvalue weighted by Crippen LogP contribution is -2.35. The average molecular weight is 472 g/mol. The Hall–Kier alpha value is -2.63. The molecule has 3 aromatic rings. The van der Waals surface area contributed by atoms with Crippen molar-refractivity contribution in [3.05, 3.63) is 98.0 Å². The Morgan fingerprint density at radius 3 is 2.06 bits per heavy atom. The van der Waals surface area contributed by atoms with Crippen LogP contribution in [0.2, 0.25) is 0 Å². The SMILES string of the molecule is Cc1ccc(C(=C2CCN(CCc3c(C)nc4n(c3=O)CCS4)CC2)c2ccc(C)cc2)cc1. The van der Waals surface area contributed by atoms with E-state index in [2.05, 4.69) is 67.3 Å². The highest BCUT2D eigenvalue weighted by Gasteiger charge is 2.22. The molecule has 0 unspecified atom stereocenters. The van der Waals surface area contributed by atoms with E-state index >= 15 is 0 Å². The molecule has 5 rings (SSSR count). The van der Waals surface area contributed by atoms with E-state index in [0.717, 1.165) is 67.6 Å². The number of hydrogen-bond acceptors (Lipinski definition) is 4. The molecule has 34 heavy (non-hydrogen) atoms. The van der Waals surface area contributed by atoms with Crippen molar-refractivity contribution < 1.29 is 0 Å². The Morgan fingerprint density at radius 1 is 0.882 bits per heavy atom. The lowest BCUT2D eigenvalue weighted by atomic mass is 9.88. The topological polar surface area (TPSA) is 38.1 Å². The number of nitrogens with zero attached hydrogens (tertiary/aromatic N) is 3. The fourth-order valence-corrected chi connectivity index (χ4v) is 6.07. The molecule has 0 aliphatic carbocycles. The van der Waals surface area contributed by atoms with Gasteiger partial charge in [-0.05, 0) is 56.7 Å². The van der Waals surface area contributed by atoms with Gasteiger partial charge in [-0.15, -0.1) is 0 Å². The van der Waals surface area contributed by atoms with Crippen LogP contribution in [-0.2, 0) is 13.0 Å². The average Bonchev–Trinajstić information content (AvgIpc) is 3.31. The van der Waals surface area contributed by atoms with Crippen LogP contribution < -0.4 is 5.56 Å². The molecule has 0 amide bonds. The van der Waals surface area contributed by atoms with Crippen LogP contribution in [0.3, 0.4) is 0 Å². The quantitative estimate of drug-likeness (QED) is 0.466. The second-order valence-electron chi connectivity index (χ2n) is 9.57. The van der Waals surface area contributed by atoms with Crippen LogP contribution in [0.5, 0.6) is 0 Å². The smallest absolute Gasteiger partial charge is 0.257 e. The van der Waals surface area contributed by atoms with Crippen LogP contribution >= 0.6 is 11.8 Å². The van der Waals surface area contributed by atoms with Gasteiger partial charge in [0.25, 0.3) is 5.56 Å². The highest BCUT2D eigenvalue weighted by atomic mass is 32.2. The predicted molar refractivity (Wildman–Crippen MR) is 142 cm³/mol. The van der Waals surface area contributed by atoms with E-state index < -0.39 is 0 Å². The minimum absolute atomic E-state index is 0.172. The van der Waals surface area contributed by atoms with E-state index in [1.807, 2.05) is 11.5 Å². The van der Waals surface area contributed by atoms with Gasteiger partial charge in [0.2, 0.25) is 0 Å². The van der Waals surface area contributed by atoms with Gasteiger partial charge in [-0.2, -0.15) is 0 Å². The summed E-state index contributed by atoms with van der Waals surface area (Å²) in [6, 6.07) is 17.9. The largest absolute Gasteiger partial charge is 0.302 e. The maximum Gasteiger partial charge on any atom is 0.257 e. The molecule has 2 aromatic carbocycles. The van der Waals surface area contributed by atoms with Gasteiger partial charge in [-0.3, -0.25) is 9.36 Å². The highest BCUT2D eigenvalue weighted by molar-refractivity contribution is 7.99. The molecule has 0 N–H and O–H groups in total. The summed E-state index contributed by atoms with van der Waals surface area (Å²) in [5.41, 5.74) is 10.1. The van der Waals surface area contributed by atoms with Crippen LogP contribution in [0.4, 0.5) is 0 Å². The van der Waals surface area contributed by atoms with Crippen LogP contribution in [0.1, 0.15) is 46.4 Å².